The van der Waals surface area contributed by atoms with Crippen molar-refractivity contribution in [2.24, 2.45) is 0 Å². The summed E-state index contributed by atoms with van der Waals surface area (Å²) in [5.74, 6) is -1.10. The molecular formula is C15H23FN2O2. The molecule has 1 atom stereocenters. The van der Waals surface area contributed by atoms with Gasteiger partial charge in [-0.15, -0.1) is 0 Å². The Morgan fingerprint density at radius 1 is 1.40 bits per heavy atom. The number of halogens is 1. The zero-order valence-corrected chi connectivity index (χ0v) is 12.5. The number of benzene rings is 1. The molecule has 1 unspecified atom stereocenters. The minimum absolute atomic E-state index is 0.0146. The maximum Gasteiger partial charge on any atom is 0.303 e. The smallest absolute Gasteiger partial charge is 0.303 e. The van der Waals surface area contributed by atoms with E-state index >= 15 is 0 Å². The highest BCUT2D eigenvalue weighted by molar-refractivity contribution is 5.66. The Bertz CT molecular complexity index is 463. The molecule has 0 fully saturated rings. The van der Waals surface area contributed by atoms with Crippen molar-refractivity contribution in [3.63, 3.8) is 0 Å². The quantitative estimate of drug-likeness (QED) is 0.805. The second kappa shape index (κ2) is 7.12. The first-order chi connectivity index (χ1) is 9.31. The highest BCUT2D eigenvalue weighted by Gasteiger charge is 2.12. The second-order valence-electron chi connectivity index (χ2n) is 5.35. The Balaban J connectivity index is 2.70. The molecule has 1 rings (SSSR count). The molecule has 4 nitrogen and oxygen atoms in total. The third kappa shape index (κ3) is 4.72. The number of carboxylic acids is 1. The molecule has 0 aliphatic heterocycles. The lowest BCUT2D eigenvalue weighted by molar-refractivity contribution is -0.137. The van der Waals surface area contributed by atoms with Crippen LogP contribution in [0, 0.1) is 5.82 Å². The molecule has 0 amide bonds. The highest BCUT2D eigenvalue weighted by atomic mass is 19.1. The summed E-state index contributed by atoms with van der Waals surface area (Å²) in [5, 5.41) is 11.7. The Morgan fingerprint density at radius 2 is 2.05 bits per heavy atom. The van der Waals surface area contributed by atoms with Crippen LogP contribution in [0.25, 0.3) is 0 Å². The fraction of sp³-hybridized carbons (Fsp3) is 0.533. The number of hydrogen-bond acceptors (Lipinski definition) is 3. The van der Waals surface area contributed by atoms with Gasteiger partial charge in [0.1, 0.15) is 5.82 Å². The van der Waals surface area contributed by atoms with Crippen molar-refractivity contribution in [3.05, 3.63) is 24.0 Å². The largest absolute Gasteiger partial charge is 0.481 e. The van der Waals surface area contributed by atoms with Crippen molar-refractivity contribution in [2.45, 2.75) is 45.7 Å². The number of carboxylic acid groups (broad SMARTS) is 1. The summed E-state index contributed by atoms with van der Waals surface area (Å²) >= 11 is 0. The molecule has 0 saturated carbocycles. The number of hydrogen-bond donors (Lipinski definition) is 2. The SMILES string of the molecule is CC(CCC(=O)O)Nc1ccc(N(C)C(C)C)c(F)c1. The van der Waals surface area contributed by atoms with Crippen LogP contribution in [0.5, 0.6) is 0 Å². The Labute approximate surface area is 119 Å². The molecule has 0 saturated heterocycles. The molecule has 1 aromatic carbocycles. The van der Waals surface area contributed by atoms with Crippen LogP contribution in [-0.2, 0) is 4.79 Å². The van der Waals surface area contributed by atoms with Crippen LogP contribution in [0.3, 0.4) is 0 Å². The number of aliphatic carboxylic acids is 1. The average Bonchev–Trinajstić information content (AvgIpc) is 2.35. The van der Waals surface area contributed by atoms with Gasteiger partial charge in [0, 0.05) is 31.2 Å². The standard InChI is InChI=1S/C15H23FN2O2/c1-10(2)18(4)14-7-6-12(9-13(14)16)17-11(3)5-8-15(19)20/h6-7,9-11,17H,5,8H2,1-4H3,(H,19,20). The summed E-state index contributed by atoms with van der Waals surface area (Å²) in [6.45, 7) is 5.88. The minimum atomic E-state index is -0.821. The minimum Gasteiger partial charge on any atom is -0.481 e. The highest BCUT2D eigenvalue weighted by Crippen LogP contribution is 2.24. The lowest BCUT2D eigenvalue weighted by Gasteiger charge is -2.25. The van der Waals surface area contributed by atoms with Gasteiger partial charge in [-0.3, -0.25) is 4.79 Å². The van der Waals surface area contributed by atoms with E-state index in [0.717, 1.165) is 0 Å². The van der Waals surface area contributed by atoms with E-state index in [1.807, 2.05) is 38.8 Å². The van der Waals surface area contributed by atoms with Crippen molar-refractivity contribution in [2.75, 3.05) is 17.3 Å². The normalized spacial score (nSPS) is 12.3. The number of anilines is 2. The first kappa shape index (κ1) is 16.3. The van der Waals surface area contributed by atoms with Gasteiger partial charge in [-0.1, -0.05) is 0 Å². The van der Waals surface area contributed by atoms with Crippen LogP contribution in [-0.4, -0.2) is 30.2 Å². The summed E-state index contributed by atoms with van der Waals surface area (Å²) in [7, 11) is 1.85. The van der Waals surface area contributed by atoms with E-state index in [9.17, 15) is 9.18 Å². The van der Waals surface area contributed by atoms with Gasteiger partial charge in [0.2, 0.25) is 0 Å². The summed E-state index contributed by atoms with van der Waals surface area (Å²) in [5.41, 5.74) is 1.23. The monoisotopic (exact) mass is 282 g/mol. The fourth-order valence-electron chi connectivity index (χ4n) is 1.86. The van der Waals surface area contributed by atoms with E-state index in [0.29, 0.717) is 17.8 Å². The fourth-order valence-corrected chi connectivity index (χ4v) is 1.86. The molecule has 112 valence electrons. The third-order valence-corrected chi connectivity index (χ3v) is 3.31. The van der Waals surface area contributed by atoms with Crippen molar-refractivity contribution in [3.8, 4) is 0 Å². The van der Waals surface area contributed by atoms with Crippen LogP contribution < -0.4 is 10.2 Å². The van der Waals surface area contributed by atoms with E-state index in [4.69, 9.17) is 5.11 Å². The van der Waals surface area contributed by atoms with Gasteiger partial charge in [-0.05, 0) is 45.4 Å². The predicted molar refractivity (Wildman–Crippen MR) is 79.9 cm³/mol. The van der Waals surface area contributed by atoms with Crippen molar-refractivity contribution < 1.29 is 14.3 Å². The van der Waals surface area contributed by atoms with Crippen LogP contribution in [0.2, 0.25) is 0 Å². The van der Waals surface area contributed by atoms with Crippen molar-refractivity contribution in [1.29, 1.82) is 0 Å². The summed E-state index contributed by atoms with van der Waals surface area (Å²) in [6.07, 6.45) is 0.607. The lowest BCUT2D eigenvalue weighted by Crippen LogP contribution is -2.26. The van der Waals surface area contributed by atoms with E-state index in [1.54, 1.807) is 6.07 Å². The molecule has 2 N–H and O–H groups in total. The molecule has 0 spiro atoms. The molecular weight excluding hydrogens is 259 g/mol. The average molecular weight is 282 g/mol. The van der Waals surface area contributed by atoms with Crippen LogP contribution in [0.1, 0.15) is 33.6 Å². The Kier molecular flexibility index (Phi) is 5.80. The van der Waals surface area contributed by atoms with E-state index in [1.165, 1.54) is 6.07 Å². The summed E-state index contributed by atoms with van der Waals surface area (Å²) in [4.78, 5) is 12.4. The summed E-state index contributed by atoms with van der Waals surface area (Å²) < 4.78 is 14.0. The van der Waals surface area contributed by atoms with Gasteiger partial charge >= 0.3 is 5.97 Å². The zero-order chi connectivity index (χ0) is 15.3. The molecule has 0 heterocycles. The van der Waals surface area contributed by atoms with Crippen LogP contribution in [0.4, 0.5) is 15.8 Å². The maximum atomic E-state index is 14.0. The molecule has 20 heavy (non-hydrogen) atoms. The Hall–Kier alpha value is -1.78. The van der Waals surface area contributed by atoms with Gasteiger partial charge in [-0.25, -0.2) is 4.39 Å². The van der Waals surface area contributed by atoms with Crippen LogP contribution in [0.15, 0.2) is 18.2 Å². The first-order valence-electron chi connectivity index (χ1n) is 6.82. The molecule has 1 aromatic rings. The molecule has 0 aromatic heterocycles. The van der Waals surface area contributed by atoms with Gasteiger partial charge in [0.25, 0.3) is 0 Å². The zero-order valence-electron chi connectivity index (χ0n) is 12.5. The Morgan fingerprint density at radius 3 is 2.55 bits per heavy atom. The van der Waals surface area contributed by atoms with Gasteiger partial charge in [0.15, 0.2) is 0 Å². The molecule has 0 aliphatic carbocycles. The molecule has 5 heteroatoms. The maximum absolute atomic E-state index is 14.0. The predicted octanol–water partition coefficient (Wildman–Crippen LogP) is 3.34. The topological polar surface area (TPSA) is 52.6 Å². The van der Waals surface area contributed by atoms with Crippen LogP contribution >= 0.6 is 0 Å². The van der Waals surface area contributed by atoms with Gasteiger partial charge in [-0.2, -0.15) is 0 Å². The van der Waals surface area contributed by atoms with Crippen molar-refractivity contribution in [1.82, 2.24) is 0 Å². The molecule has 0 bridgehead atoms. The van der Waals surface area contributed by atoms with E-state index < -0.39 is 5.97 Å². The van der Waals surface area contributed by atoms with Gasteiger partial charge in [0.05, 0.1) is 5.69 Å². The first-order valence-corrected chi connectivity index (χ1v) is 6.82. The third-order valence-electron chi connectivity index (χ3n) is 3.31. The molecule has 0 radical (unpaired) electrons. The van der Waals surface area contributed by atoms with E-state index in [2.05, 4.69) is 5.32 Å². The molecule has 0 aliphatic rings. The number of carbonyl (C=O) groups is 1. The van der Waals surface area contributed by atoms with Crippen molar-refractivity contribution >= 4 is 17.3 Å². The van der Waals surface area contributed by atoms with E-state index in [-0.39, 0.29) is 24.3 Å². The number of nitrogens with zero attached hydrogens (tertiary/aromatic N) is 1. The summed E-state index contributed by atoms with van der Waals surface area (Å²) in [6, 6.07) is 5.21. The second-order valence-corrected chi connectivity index (χ2v) is 5.35. The lowest BCUT2D eigenvalue weighted by atomic mass is 10.1. The van der Waals surface area contributed by atoms with Gasteiger partial charge < -0.3 is 15.3 Å². The number of nitrogens with one attached hydrogen (secondary N) is 1. The number of rotatable bonds is 7.